The summed E-state index contributed by atoms with van der Waals surface area (Å²) in [6.07, 6.45) is 1.74. The fourth-order valence-corrected chi connectivity index (χ4v) is 4.78. The molecule has 1 fully saturated rings. The van der Waals surface area contributed by atoms with Gasteiger partial charge < -0.3 is 19.1 Å². The number of aromatic amines is 1. The van der Waals surface area contributed by atoms with Crippen molar-refractivity contribution in [2.45, 2.75) is 39.2 Å². The number of amides is 2. The number of ether oxygens (including phenoxy) is 1. The van der Waals surface area contributed by atoms with Gasteiger partial charge in [-0.05, 0) is 50.8 Å². The third kappa shape index (κ3) is 3.92. The zero-order valence-corrected chi connectivity index (χ0v) is 19.8. The van der Waals surface area contributed by atoms with Gasteiger partial charge in [0, 0.05) is 28.9 Å². The highest BCUT2D eigenvalue weighted by Crippen LogP contribution is 2.38. The van der Waals surface area contributed by atoms with Gasteiger partial charge in [0.2, 0.25) is 0 Å². The number of nitrogens with one attached hydrogen (secondary N) is 2. The molecule has 0 saturated carbocycles. The Labute approximate surface area is 205 Å². The number of benzene rings is 1. The highest BCUT2D eigenvalue weighted by Gasteiger charge is 2.33. The van der Waals surface area contributed by atoms with Crippen LogP contribution in [0.5, 0.6) is 0 Å². The van der Waals surface area contributed by atoms with Gasteiger partial charge in [0.1, 0.15) is 23.3 Å². The third-order valence-corrected chi connectivity index (χ3v) is 6.50. The molecule has 1 aliphatic heterocycles. The number of hydrogen-bond donors (Lipinski definition) is 2. The van der Waals surface area contributed by atoms with E-state index in [0.29, 0.717) is 12.3 Å². The molecule has 4 aromatic rings. The normalized spacial score (nSPS) is 16.9. The maximum absolute atomic E-state index is 12.6. The number of aromatic nitrogens is 4. The Balaban J connectivity index is 1.19. The van der Waals surface area contributed by atoms with E-state index < -0.39 is 12.2 Å². The van der Waals surface area contributed by atoms with Crippen LogP contribution in [0.3, 0.4) is 0 Å². The largest absolute Gasteiger partial charge is 0.442 e. The summed E-state index contributed by atoms with van der Waals surface area (Å²) >= 11 is 0. The first-order valence-corrected chi connectivity index (χ1v) is 11.8. The molecule has 184 valence electrons. The average molecular weight is 489 g/mol. The Morgan fingerprint density at radius 2 is 1.97 bits per heavy atom. The van der Waals surface area contributed by atoms with E-state index in [9.17, 15) is 9.59 Å². The molecule has 3 aromatic heterocycles. The lowest BCUT2D eigenvalue weighted by Gasteiger charge is -2.16. The topological polar surface area (TPSA) is 139 Å². The van der Waals surface area contributed by atoms with Gasteiger partial charge in [-0.1, -0.05) is 16.4 Å². The summed E-state index contributed by atoms with van der Waals surface area (Å²) < 4.78 is 15.7. The number of hydrogen-bond acceptors (Lipinski definition) is 8. The Kier molecular flexibility index (Phi) is 5.32. The molecule has 11 heteroatoms. The molecule has 1 atom stereocenters. The van der Waals surface area contributed by atoms with Crippen molar-refractivity contribution >= 4 is 17.7 Å². The zero-order chi connectivity index (χ0) is 24.8. The summed E-state index contributed by atoms with van der Waals surface area (Å²) in [6, 6.07) is 9.39. The second-order valence-electron chi connectivity index (χ2n) is 9.09. The minimum Gasteiger partial charge on any atom is -0.442 e. The number of carbonyl (C=O) groups is 2. The maximum Gasteiger partial charge on any atom is 0.414 e. The van der Waals surface area contributed by atoms with Gasteiger partial charge in [0.05, 0.1) is 24.5 Å². The number of cyclic esters (lactones) is 1. The summed E-state index contributed by atoms with van der Waals surface area (Å²) in [5, 5.41) is 18.3. The predicted molar refractivity (Wildman–Crippen MR) is 127 cm³/mol. The quantitative estimate of drug-likeness (QED) is 0.435. The van der Waals surface area contributed by atoms with Gasteiger partial charge in [-0.25, -0.2) is 4.79 Å². The first-order chi connectivity index (χ1) is 17.5. The van der Waals surface area contributed by atoms with Crippen LogP contribution < -0.4 is 10.2 Å². The van der Waals surface area contributed by atoms with Crippen molar-refractivity contribution in [2.24, 2.45) is 0 Å². The molecular weight excluding hydrogens is 464 g/mol. The number of anilines is 1. The lowest BCUT2D eigenvalue weighted by atomic mass is 10.0. The molecule has 4 heterocycles. The predicted octanol–water partition coefficient (Wildman–Crippen LogP) is 3.58. The van der Waals surface area contributed by atoms with Crippen molar-refractivity contribution in [1.82, 2.24) is 25.8 Å². The van der Waals surface area contributed by atoms with Crippen molar-refractivity contribution in [3.8, 4) is 22.6 Å². The molecule has 1 aliphatic carbocycles. The lowest BCUT2D eigenvalue weighted by Crippen LogP contribution is -2.34. The molecule has 6 rings (SSSR count). The van der Waals surface area contributed by atoms with Gasteiger partial charge in [-0.2, -0.15) is 5.10 Å². The first kappa shape index (κ1) is 22.1. The van der Waals surface area contributed by atoms with Crippen LogP contribution in [0.1, 0.15) is 39.6 Å². The van der Waals surface area contributed by atoms with Crippen LogP contribution in [0, 0.1) is 13.8 Å². The van der Waals surface area contributed by atoms with E-state index in [4.69, 9.17) is 13.8 Å². The second kappa shape index (κ2) is 8.67. The number of H-pyrrole nitrogens is 1. The summed E-state index contributed by atoms with van der Waals surface area (Å²) in [6.45, 7) is 4.09. The molecule has 0 bridgehead atoms. The second-order valence-corrected chi connectivity index (χ2v) is 9.09. The standard InChI is InChI=1S/C25H24N6O5/c1-13-8-20(29-35-13)23-19-5-3-4-15-10-16(6-7-18(15)22(19)27-28-23)31-12-17(34-25(31)33)11-26-24(32)21-9-14(2)36-30-21/h6-10,17H,3-5,11-12H2,1-2H3,(H,26,32)(H,27,28). The highest BCUT2D eigenvalue weighted by atomic mass is 16.6. The molecule has 1 unspecified atom stereocenters. The van der Waals surface area contributed by atoms with Crippen molar-refractivity contribution in [3.05, 3.63) is 58.7 Å². The van der Waals surface area contributed by atoms with Crippen LogP contribution in [0.15, 0.2) is 39.4 Å². The van der Waals surface area contributed by atoms with Crippen molar-refractivity contribution in [2.75, 3.05) is 18.0 Å². The Morgan fingerprint density at radius 3 is 2.75 bits per heavy atom. The molecule has 0 spiro atoms. The summed E-state index contributed by atoms with van der Waals surface area (Å²) in [4.78, 5) is 26.5. The minimum absolute atomic E-state index is 0.179. The van der Waals surface area contributed by atoms with E-state index in [0.717, 1.165) is 64.5 Å². The van der Waals surface area contributed by atoms with Gasteiger partial charge in [0.15, 0.2) is 5.69 Å². The highest BCUT2D eigenvalue weighted by molar-refractivity contribution is 5.93. The van der Waals surface area contributed by atoms with Crippen molar-refractivity contribution < 1.29 is 23.4 Å². The summed E-state index contributed by atoms with van der Waals surface area (Å²) in [5.41, 5.74) is 6.75. The van der Waals surface area contributed by atoms with Gasteiger partial charge in [-0.3, -0.25) is 14.8 Å². The zero-order valence-electron chi connectivity index (χ0n) is 19.8. The monoisotopic (exact) mass is 488 g/mol. The molecule has 36 heavy (non-hydrogen) atoms. The number of fused-ring (bicyclic) bond motifs is 3. The van der Waals surface area contributed by atoms with Gasteiger partial charge in [-0.15, -0.1) is 0 Å². The molecule has 11 nitrogen and oxygen atoms in total. The molecule has 1 aromatic carbocycles. The molecule has 1 saturated heterocycles. The summed E-state index contributed by atoms with van der Waals surface area (Å²) in [7, 11) is 0. The van der Waals surface area contributed by atoms with Crippen LogP contribution in [-0.2, 0) is 17.6 Å². The molecule has 2 N–H and O–H groups in total. The molecular formula is C25H24N6O5. The molecule has 0 radical (unpaired) electrons. The minimum atomic E-state index is -0.473. The van der Waals surface area contributed by atoms with Crippen LogP contribution >= 0.6 is 0 Å². The Bertz CT molecular complexity index is 1470. The van der Waals surface area contributed by atoms with E-state index in [1.54, 1.807) is 17.9 Å². The van der Waals surface area contributed by atoms with E-state index >= 15 is 0 Å². The fraction of sp³-hybridized carbons (Fsp3) is 0.320. The lowest BCUT2D eigenvalue weighted by molar-refractivity contribution is 0.0907. The first-order valence-electron chi connectivity index (χ1n) is 11.8. The van der Waals surface area contributed by atoms with E-state index in [1.807, 2.05) is 31.2 Å². The SMILES string of the molecule is Cc1cc(C(=O)NCC2CN(c3ccc4c(c3)CCCc3c-4n[nH]c3-c3cc(C)on3)C(=O)O2)no1. The number of carbonyl (C=O) groups excluding carboxylic acids is 2. The Morgan fingerprint density at radius 1 is 1.14 bits per heavy atom. The molecule has 2 aliphatic rings. The summed E-state index contributed by atoms with van der Waals surface area (Å²) in [5.74, 6) is 0.921. The average Bonchev–Trinajstić information content (AvgIpc) is 3.64. The van der Waals surface area contributed by atoms with E-state index in [-0.39, 0.29) is 18.1 Å². The fourth-order valence-electron chi connectivity index (χ4n) is 4.78. The van der Waals surface area contributed by atoms with Crippen LogP contribution in [-0.4, -0.2) is 51.7 Å². The van der Waals surface area contributed by atoms with Gasteiger partial charge in [0.25, 0.3) is 5.91 Å². The van der Waals surface area contributed by atoms with E-state index in [2.05, 4.69) is 25.8 Å². The Hall–Kier alpha value is -4.41. The van der Waals surface area contributed by atoms with Crippen LogP contribution in [0.25, 0.3) is 22.6 Å². The number of aryl methyl sites for hydroxylation is 3. The molecule has 2 amide bonds. The van der Waals surface area contributed by atoms with Crippen LogP contribution in [0.4, 0.5) is 10.5 Å². The number of nitrogens with zero attached hydrogens (tertiary/aromatic N) is 4. The third-order valence-electron chi connectivity index (χ3n) is 6.50. The van der Waals surface area contributed by atoms with Crippen molar-refractivity contribution in [3.63, 3.8) is 0 Å². The van der Waals surface area contributed by atoms with E-state index in [1.165, 1.54) is 0 Å². The van der Waals surface area contributed by atoms with Crippen molar-refractivity contribution in [1.29, 1.82) is 0 Å². The smallest absolute Gasteiger partial charge is 0.414 e. The van der Waals surface area contributed by atoms with Gasteiger partial charge >= 0.3 is 6.09 Å². The maximum atomic E-state index is 12.6. The van der Waals surface area contributed by atoms with Crippen LogP contribution in [0.2, 0.25) is 0 Å². The number of rotatable bonds is 5.